The van der Waals surface area contributed by atoms with Crippen molar-refractivity contribution in [2.75, 3.05) is 4.72 Å². The van der Waals surface area contributed by atoms with Crippen LogP contribution in [0.15, 0.2) is 35.2 Å². The van der Waals surface area contributed by atoms with E-state index in [1.54, 1.807) is 18.2 Å². The highest BCUT2D eigenvalue weighted by Crippen LogP contribution is 2.46. The minimum absolute atomic E-state index is 0.120. The van der Waals surface area contributed by atoms with Gasteiger partial charge in [-0.3, -0.25) is 4.72 Å². The normalized spacial score (nSPS) is 18.1. The molecule has 0 unspecified atom stereocenters. The average Bonchev–Trinajstić information content (AvgIpc) is 2.91. The highest BCUT2D eigenvalue weighted by molar-refractivity contribution is 7.92. The molecule has 0 saturated heterocycles. The van der Waals surface area contributed by atoms with E-state index in [0.717, 1.165) is 25.7 Å². The number of benzene rings is 1. The summed E-state index contributed by atoms with van der Waals surface area (Å²) in [6, 6.07) is 7.63. The number of hydrogen-bond donors (Lipinski definition) is 1. The molecule has 0 atom stereocenters. The molecule has 1 aromatic heterocycles. The van der Waals surface area contributed by atoms with Crippen LogP contribution < -0.4 is 14.2 Å². The predicted octanol–water partition coefficient (Wildman–Crippen LogP) is 4.62. The Morgan fingerprint density at radius 3 is 2.46 bits per heavy atom. The van der Waals surface area contributed by atoms with Crippen molar-refractivity contribution in [1.82, 2.24) is 4.98 Å². The van der Waals surface area contributed by atoms with Crippen LogP contribution in [-0.2, 0) is 10.0 Å². The number of aromatic nitrogens is 1. The summed E-state index contributed by atoms with van der Waals surface area (Å²) in [4.78, 5) is 3.62. The second-order valence-electron chi connectivity index (χ2n) is 6.37. The van der Waals surface area contributed by atoms with Crippen molar-refractivity contribution in [2.24, 2.45) is 0 Å². The van der Waals surface area contributed by atoms with Gasteiger partial charge in [0, 0.05) is 18.9 Å². The fourth-order valence-corrected chi connectivity index (χ4v) is 4.97. The predicted molar refractivity (Wildman–Crippen MR) is 98.6 cm³/mol. The van der Waals surface area contributed by atoms with Crippen LogP contribution in [0, 0.1) is 0 Å². The zero-order chi connectivity index (χ0) is 18.4. The highest BCUT2D eigenvalue weighted by Gasteiger charge is 2.42. The summed E-state index contributed by atoms with van der Waals surface area (Å²) in [7, 11) is -3.91. The third-order valence-corrected chi connectivity index (χ3v) is 6.50. The summed E-state index contributed by atoms with van der Waals surface area (Å²) in [5, 5.41) is -0.0679. The van der Waals surface area contributed by atoms with E-state index in [4.69, 9.17) is 32.7 Å². The minimum atomic E-state index is -3.91. The average molecular weight is 415 g/mol. The first-order valence-electron chi connectivity index (χ1n) is 8.24. The number of nitrogens with zero attached hydrogens (tertiary/aromatic N) is 1. The van der Waals surface area contributed by atoms with Gasteiger partial charge in [-0.15, -0.1) is 0 Å². The number of sulfonamides is 1. The number of ether oxygens (including phenoxy) is 2. The van der Waals surface area contributed by atoms with E-state index in [0.29, 0.717) is 17.2 Å². The summed E-state index contributed by atoms with van der Waals surface area (Å²) < 4.78 is 39.7. The molecule has 0 radical (unpaired) electrons. The number of pyridine rings is 1. The quantitative estimate of drug-likeness (QED) is 0.741. The molecule has 2 heterocycles. The van der Waals surface area contributed by atoms with Gasteiger partial charge in [0.05, 0.1) is 5.69 Å². The number of anilines is 1. The lowest BCUT2D eigenvalue weighted by molar-refractivity contribution is -0.105. The summed E-state index contributed by atoms with van der Waals surface area (Å²) in [6.45, 7) is 0. The topological polar surface area (TPSA) is 77.5 Å². The minimum Gasteiger partial charge on any atom is -0.448 e. The maximum Gasteiger partial charge on any atom is 0.264 e. The zero-order valence-electron chi connectivity index (χ0n) is 13.7. The summed E-state index contributed by atoms with van der Waals surface area (Å²) in [5.41, 5.74) is 0.353. The number of halogens is 2. The maximum atomic E-state index is 12.6. The van der Waals surface area contributed by atoms with Crippen molar-refractivity contribution in [3.8, 4) is 11.5 Å². The summed E-state index contributed by atoms with van der Waals surface area (Å²) in [5.74, 6) is 0.551. The molecule has 138 valence electrons. The molecule has 2 aliphatic rings. The number of rotatable bonds is 3. The summed E-state index contributed by atoms with van der Waals surface area (Å²) in [6.07, 6.45) is 4.93. The van der Waals surface area contributed by atoms with Gasteiger partial charge in [0.1, 0.15) is 10.0 Å². The van der Waals surface area contributed by atoms with Gasteiger partial charge in [-0.05, 0) is 37.1 Å². The van der Waals surface area contributed by atoms with Crippen LogP contribution in [0.5, 0.6) is 11.5 Å². The largest absolute Gasteiger partial charge is 0.448 e. The van der Waals surface area contributed by atoms with Crippen molar-refractivity contribution in [3.05, 3.63) is 40.6 Å². The summed E-state index contributed by atoms with van der Waals surface area (Å²) >= 11 is 11.6. The fourth-order valence-electron chi connectivity index (χ4n) is 3.26. The van der Waals surface area contributed by atoms with Crippen molar-refractivity contribution in [2.45, 2.75) is 42.8 Å². The van der Waals surface area contributed by atoms with Crippen LogP contribution in [0.4, 0.5) is 5.69 Å². The molecule has 4 rings (SSSR count). The molecular formula is C17H16Cl2N2O4S. The molecule has 0 amide bonds. The number of hydrogen-bond acceptors (Lipinski definition) is 5. The van der Waals surface area contributed by atoms with Gasteiger partial charge in [0.25, 0.3) is 15.8 Å². The second-order valence-corrected chi connectivity index (χ2v) is 8.76. The van der Waals surface area contributed by atoms with Gasteiger partial charge in [0.15, 0.2) is 16.7 Å². The molecule has 1 aromatic carbocycles. The zero-order valence-corrected chi connectivity index (χ0v) is 16.0. The van der Waals surface area contributed by atoms with Crippen LogP contribution in [0.3, 0.4) is 0 Å². The van der Waals surface area contributed by atoms with Gasteiger partial charge in [-0.2, -0.15) is 0 Å². The van der Waals surface area contributed by atoms with Gasteiger partial charge in [0.2, 0.25) is 0 Å². The van der Waals surface area contributed by atoms with Crippen molar-refractivity contribution in [1.29, 1.82) is 0 Å². The van der Waals surface area contributed by atoms with Gasteiger partial charge >= 0.3 is 0 Å². The van der Waals surface area contributed by atoms with E-state index in [9.17, 15) is 8.42 Å². The first kappa shape index (κ1) is 17.7. The Morgan fingerprint density at radius 2 is 1.73 bits per heavy atom. The smallest absolute Gasteiger partial charge is 0.264 e. The standard InChI is InChI=1S/C17H16Cl2N2O4S/c18-15-7-6-14(16(19)20-15)26(22,23)21-11-4-5-12-13(10-11)25-17(24-12)8-2-1-3-9-17/h4-7,10,21H,1-3,8-9H2. The Balaban J connectivity index is 1.58. The lowest BCUT2D eigenvalue weighted by atomic mass is 9.94. The van der Waals surface area contributed by atoms with Crippen molar-refractivity contribution >= 4 is 38.9 Å². The fraction of sp³-hybridized carbons (Fsp3) is 0.353. The number of fused-ring (bicyclic) bond motifs is 1. The van der Waals surface area contributed by atoms with Crippen molar-refractivity contribution in [3.63, 3.8) is 0 Å². The first-order chi connectivity index (χ1) is 12.4. The molecule has 1 spiro atoms. The van der Waals surface area contributed by atoms with Crippen molar-refractivity contribution < 1.29 is 17.9 Å². The Bertz CT molecular complexity index is 959. The highest BCUT2D eigenvalue weighted by atomic mass is 35.5. The van der Waals surface area contributed by atoms with E-state index in [2.05, 4.69) is 9.71 Å². The van der Waals surface area contributed by atoms with Gasteiger partial charge < -0.3 is 9.47 Å². The Morgan fingerprint density at radius 1 is 1.00 bits per heavy atom. The van der Waals surface area contributed by atoms with E-state index < -0.39 is 15.8 Å². The van der Waals surface area contributed by atoms with Crippen LogP contribution in [0.2, 0.25) is 10.3 Å². The van der Waals surface area contributed by atoms with Crippen LogP contribution in [-0.4, -0.2) is 19.2 Å². The maximum absolute atomic E-state index is 12.6. The molecule has 6 nitrogen and oxygen atoms in total. The van der Waals surface area contributed by atoms with Crippen LogP contribution >= 0.6 is 23.2 Å². The molecule has 9 heteroatoms. The molecule has 1 aliphatic heterocycles. The Labute approximate surface area is 161 Å². The lowest BCUT2D eigenvalue weighted by Gasteiger charge is -2.31. The molecule has 2 aromatic rings. The molecule has 0 bridgehead atoms. The van der Waals surface area contributed by atoms with Gasteiger partial charge in [-0.25, -0.2) is 13.4 Å². The third-order valence-electron chi connectivity index (χ3n) is 4.47. The third kappa shape index (κ3) is 3.31. The van der Waals surface area contributed by atoms with E-state index >= 15 is 0 Å². The van der Waals surface area contributed by atoms with E-state index in [1.807, 2.05) is 0 Å². The molecule has 1 fully saturated rings. The van der Waals surface area contributed by atoms with Crippen LogP contribution in [0.1, 0.15) is 32.1 Å². The molecule has 1 saturated carbocycles. The van der Waals surface area contributed by atoms with E-state index in [-0.39, 0.29) is 15.2 Å². The lowest BCUT2D eigenvalue weighted by Crippen LogP contribution is -2.40. The van der Waals surface area contributed by atoms with Crippen LogP contribution in [0.25, 0.3) is 0 Å². The molecular weight excluding hydrogens is 399 g/mol. The Hall–Kier alpha value is -1.70. The Kier molecular flexibility index (Phi) is 4.41. The molecule has 1 N–H and O–H groups in total. The van der Waals surface area contributed by atoms with E-state index in [1.165, 1.54) is 18.6 Å². The monoisotopic (exact) mass is 414 g/mol. The SMILES string of the molecule is O=S(=O)(Nc1ccc2c(c1)OC1(CCCCC1)O2)c1ccc(Cl)nc1Cl. The first-order valence-corrected chi connectivity index (χ1v) is 10.5. The molecule has 26 heavy (non-hydrogen) atoms. The second kappa shape index (κ2) is 6.48. The van der Waals surface area contributed by atoms with Gasteiger partial charge in [-0.1, -0.05) is 29.6 Å². The molecule has 1 aliphatic carbocycles. The number of nitrogens with one attached hydrogen (secondary N) is 1.